The van der Waals surface area contributed by atoms with Gasteiger partial charge in [-0.05, 0) is 11.0 Å². The predicted molar refractivity (Wildman–Crippen MR) is 84.9 cm³/mol. The van der Waals surface area contributed by atoms with Crippen LogP contribution in [0.15, 0.2) is 54.6 Å². The number of carbonyl (C=O) groups is 2. The maximum atomic E-state index is 12.2. The Bertz CT molecular complexity index is 632. The molecule has 0 heterocycles. The molecule has 0 unspecified atom stereocenters. The first-order valence-electron chi connectivity index (χ1n) is 7.10. The lowest BCUT2D eigenvalue weighted by molar-refractivity contribution is 0.0894. The predicted octanol–water partition coefficient (Wildman–Crippen LogP) is 4.44. The summed E-state index contributed by atoms with van der Waals surface area (Å²) in [5.74, 6) is -0.273. The molecule has 0 radical (unpaired) electrons. The van der Waals surface area contributed by atoms with Crippen molar-refractivity contribution in [3.05, 3.63) is 71.3 Å². The highest BCUT2D eigenvalue weighted by Gasteiger charge is 2.16. The molecule has 0 saturated carbocycles. The van der Waals surface area contributed by atoms with Crippen LogP contribution in [-0.2, 0) is 5.41 Å². The molecule has 0 fully saturated rings. The van der Waals surface area contributed by atoms with Crippen molar-refractivity contribution in [1.29, 1.82) is 0 Å². The van der Waals surface area contributed by atoms with Crippen LogP contribution in [0.25, 0.3) is 0 Å². The summed E-state index contributed by atoms with van der Waals surface area (Å²) in [4.78, 5) is 24.2. The monoisotopic (exact) mass is 280 g/mol. The third-order valence-corrected chi connectivity index (χ3v) is 3.49. The van der Waals surface area contributed by atoms with Gasteiger partial charge in [0.05, 0.1) is 6.42 Å². The van der Waals surface area contributed by atoms with Crippen LogP contribution >= 0.6 is 0 Å². The van der Waals surface area contributed by atoms with Crippen molar-refractivity contribution in [3.8, 4) is 0 Å². The van der Waals surface area contributed by atoms with Crippen molar-refractivity contribution < 1.29 is 9.59 Å². The van der Waals surface area contributed by atoms with Crippen LogP contribution in [-0.4, -0.2) is 11.6 Å². The van der Waals surface area contributed by atoms with E-state index in [-0.39, 0.29) is 23.4 Å². The summed E-state index contributed by atoms with van der Waals surface area (Å²) in [6.45, 7) is 6.38. The van der Waals surface area contributed by atoms with Gasteiger partial charge in [0.15, 0.2) is 11.6 Å². The largest absolute Gasteiger partial charge is 0.294 e. The second kappa shape index (κ2) is 6.04. The fourth-order valence-corrected chi connectivity index (χ4v) is 2.13. The Morgan fingerprint density at radius 2 is 1.24 bits per heavy atom. The van der Waals surface area contributed by atoms with Gasteiger partial charge in [0.2, 0.25) is 0 Å². The van der Waals surface area contributed by atoms with E-state index in [0.717, 1.165) is 0 Å². The van der Waals surface area contributed by atoms with Crippen molar-refractivity contribution in [2.75, 3.05) is 0 Å². The maximum absolute atomic E-state index is 12.2. The van der Waals surface area contributed by atoms with Crippen LogP contribution in [0.4, 0.5) is 0 Å². The first-order chi connectivity index (χ1) is 9.88. The minimum Gasteiger partial charge on any atom is -0.294 e. The standard InChI is InChI=1S/C19H20O2/c1-19(2,3)16-11-9-15(10-12-16)18(21)13-17(20)14-7-5-4-6-8-14/h4-12H,13H2,1-3H3. The summed E-state index contributed by atoms with van der Waals surface area (Å²) in [5, 5.41) is 0. The highest BCUT2D eigenvalue weighted by atomic mass is 16.1. The number of rotatable bonds is 4. The fraction of sp³-hybridized carbons (Fsp3) is 0.263. The SMILES string of the molecule is CC(C)(C)c1ccc(C(=O)CC(=O)c2ccccc2)cc1. The van der Waals surface area contributed by atoms with Gasteiger partial charge in [-0.1, -0.05) is 75.4 Å². The Labute approximate surface area is 125 Å². The molecule has 108 valence electrons. The third kappa shape index (κ3) is 3.88. The first kappa shape index (κ1) is 15.2. The van der Waals surface area contributed by atoms with Crippen LogP contribution in [0.2, 0.25) is 0 Å². The van der Waals surface area contributed by atoms with Gasteiger partial charge in [0.1, 0.15) is 0 Å². The lowest BCUT2D eigenvalue weighted by Gasteiger charge is -2.18. The number of Topliss-reactive ketones (excluding diaryl/α,β-unsaturated/α-hetero) is 2. The molecule has 0 aliphatic heterocycles. The molecule has 2 nitrogen and oxygen atoms in total. The van der Waals surface area contributed by atoms with Gasteiger partial charge in [-0.3, -0.25) is 9.59 Å². The molecule has 21 heavy (non-hydrogen) atoms. The average molecular weight is 280 g/mol. The second-order valence-corrected chi connectivity index (χ2v) is 6.22. The van der Waals surface area contributed by atoms with Crippen molar-refractivity contribution in [2.24, 2.45) is 0 Å². The van der Waals surface area contributed by atoms with Gasteiger partial charge in [-0.25, -0.2) is 0 Å². The summed E-state index contributed by atoms with van der Waals surface area (Å²) in [7, 11) is 0. The smallest absolute Gasteiger partial charge is 0.170 e. The molecule has 0 bridgehead atoms. The zero-order valence-electron chi connectivity index (χ0n) is 12.7. The molecule has 0 saturated heterocycles. The maximum Gasteiger partial charge on any atom is 0.170 e. The van der Waals surface area contributed by atoms with Gasteiger partial charge < -0.3 is 0 Å². The Hall–Kier alpha value is -2.22. The zero-order valence-corrected chi connectivity index (χ0v) is 12.7. The molecule has 0 spiro atoms. The van der Waals surface area contributed by atoms with E-state index in [1.807, 2.05) is 18.2 Å². The Kier molecular flexibility index (Phi) is 4.37. The Morgan fingerprint density at radius 1 is 0.762 bits per heavy atom. The molecule has 0 N–H and O–H groups in total. The second-order valence-electron chi connectivity index (χ2n) is 6.22. The number of ketones is 2. The van der Waals surface area contributed by atoms with Gasteiger partial charge in [0.25, 0.3) is 0 Å². The van der Waals surface area contributed by atoms with E-state index in [4.69, 9.17) is 0 Å². The van der Waals surface area contributed by atoms with E-state index in [1.54, 1.807) is 36.4 Å². The lowest BCUT2D eigenvalue weighted by atomic mass is 9.86. The minimum atomic E-state index is -0.138. The number of hydrogen-bond donors (Lipinski definition) is 0. The summed E-state index contributed by atoms with van der Waals surface area (Å²) in [6, 6.07) is 16.5. The normalized spacial score (nSPS) is 11.2. The number of hydrogen-bond acceptors (Lipinski definition) is 2. The van der Waals surface area contributed by atoms with Crippen LogP contribution in [0.1, 0.15) is 53.5 Å². The molecule has 0 aromatic heterocycles. The van der Waals surface area contributed by atoms with E-state index in [0.29, 0.717) is 11.1 Å². The van der Waals surface area contributed by atoms with Crippen molar-refractivity contribution in [1.82, 2.24) is 0 Å². The Morgan fingerprint density at radius 3 is 1.71 bits per heavy atom. The molecular weight excluding hydrogens is 260 g/mol. The van der Waals surface area contributed by atoms with Gasteiger partial charge >= 0.3 is 0 Å². The number of carbonyl (C=O) groups excluding carboxylic acids is 2. The van der Waals surface area contributed by atoms with Crippen LogP contribution < -0.4 is 0 Å². The van der Waals surface area contributed by atoms with E-state index < -0.39 is 0 Å². The highest BCUT2D eigenvalue weighted by Crippen LogP contribution is 2.22. The van der Waals surface area contributed by atoms with E-state index in [2.05, 4.69) is 20.8 Å². The van der Waals surface area contributed by atoms with Gasteiger partial charge in [-0.2, -0.15) is 0 Å². The molecule has 2 rings (SSSR count). The fourth-order valence-electron chi connectivity index (χ4n) is 2.13. The average Bonchev–Trinajstić information content (AvgIpc) is 2.47. The minimum absolute atomic E-state index is 0.0570. The van der Waals surface area contributed by atoms with Crippen LogP contribution in [0, 0.1) is 0 Å². The first-order valence-corrected chi connectivity index (χ1v) is 7.10. The molecule has 0 aliphatic rings. The molecule has 2 aromatic rings. The molecule has 2 heteroatoms. The van der Waals surface area contributed by atoms with Crippen molar-refractivity contribution >= 4 is 11.6 Å². The summed E-state index contributed by atoms with van der Waals surface area (Å²) < 4.78 is 0. The van der Waals surface area contributed by atoms with E-state index in [9.17, 15) is 9.59 Å². The Balaban J connectivity index is 2.09. The molecule has 0 aliphatic carbocycles. The van der Waals surface area contributed by atoms with Crippen LogP contribution in [0.5, 0.6) is 0 Å². The third-order valence-electron chi connectivity index (χ3n) is 3.49. The van der Waals surface area contributed by atoms with Gasteiger partial charge in [-0.15, -0.1) is 0 Å². The quantitative estimate of drug-likeness (QED) is 0.613. The summed E-state index contributed by atoms with van der Waals surface area (Å²) in [6.07, 6.45) is -0.0844. The molecule has 2 aromatic carbocycles. The van der Waals surface area contributed by atoms with E-state index in [1.165, 1.54) is 5.56 Å². The highest BCUT2D eigenvalue weighted by molar-refractivity contribution is 6.13. The lowest BCUT2D eigenvalue weighted by Crippen LogP contribution is -2.12. The van der Waals surface area contributed by atoms with Gasteiger partial charge in [0, 0.05) is 11.1 Å². The molecule has 0 amide bonds. The molecular formula is C19H20O2. The molecule has 0 atom stereocenters. The number of benzene rings is 2. The topological polar surface area (TPSA) is 34.1 Å². The van der Waals surface area contributed by atoms with Crippen LogP contribution in [0.3, 0.4) is 0 Å². The zero-order chi connectivity index (χ0) is 15.5. The summed E-state index contributed by atoms with van der Waals surface area (Å²) >= 11 is 0. The summed E-state index contributed by atoms with van der Waals surface area (Å²) in [5.41, 5.74) is 2.40. The van der Waals surface area contributed by atoms with E-state index >= 15 is 0 Å². The van der Waals surface area contributed by atoms with Crippen molar-refractivity contribution in [3.63, 3.8) is 0 Å². The van der Waals surface area contributed by atoms with Crippen molar-refractivity contribution in [2.45, 2.75) is 32.6 Å².